The van der Waals surface area contributed by atoms with Crippen molar-refractivity contribution in [2.45, 2.75) is 51.7 Å². The Morgan fingerprint density at radius 1 is 1.38 bits per heavy atom. The summed E-state index contributed by atoms with van der Waals surface area (Å²) in [5.74, 6) is -0.309. The molecule has 116 valence electrons. The van der Waals surface area contributed by atoms with Crippen LogP contribution in [0.15, 0.2) is 18.2 Å². The topological polar surface area (TPSA) is 55.8 Å². The molecular formula is C17H24O4. The van der Waals surface area contributed by atoms with Crippen molar-refractivity contribution >= 4 is 5.97 Å². The van der Waals surface area contributed by atoms with Gasteiger partial charge in [-0.3, -0.25) is 4.79 Å². The number of methoxy groups -OCH3 is 1. The summed E-state index contributed by atoms with van der Waals surface area (Å²) in [5, 5.41) is 11.0. The molecule has 0 aromatic heterocycles. The predicted molar refractivity (Wildman–Crippen MR) is 80.2 cm³/mol. The van der Waals surface area contributed by atoms with Crippen LogP contribution in [0.1, 0.15) is 45.2 Å². The third-order valence-corrected chi connectivity index (χ3v) is 4.04. The number of rotatable bonds is 3. The first-order chi connectivity index (χ1) is 9.67. The number of ether oxygens (including phenoxy) is 2. The second-order valence-electron chi connectivity index (χ2n) is 6.70. The quantitative estimate of drug-likeness (QED) is 0.870. The Hall–Kier alpha value is -1.55. The average Bonchev–Trinajstić information content (AvgIpc) is 2.74. The van der Waals surface area contributed by atoms with E-state index in [0.29, 0.717) is 12.2 Å². The molecule has 4 nitrogen and oxygen atoms in total. The van der Waals surface area contributed by atoms with Gasteiger partial charge in [-0.25, -0.2) is 0 Å². The summed E-state index contributed by atoms with van der Waals surface area (Å²) in [6, 6.07) is 5.65. The van der Waals surface area contributed by atoms with E-state index in [1.807, 2.05) is 39.0 Å². The number of hydrogen-bond acceptors (Lipinski definition) is 4. The van der Waals surface area contributed by atoms with Crippen LogP contribution in [0.4, 0.5) is 0 Å². The van der Waals surface area contributed by atoms with Gasteiger partial charge in [-0.05, 0) is 63.8 Å². The second kappa shape index (κ2) is 5.34. The Bertz CT molecular complexity index is 544. The van der Waals surface area contributed by atoms with Gasteiger partial charge in [-0.15, -0.1) is 0 Å². The number of carbonyl (C=O) groups is 1. The summed E-state index contributed by atoms with van der Waals surface area (Å²) >= 11 is 0. The Kier molecular flexibility index (Phi) is 4.02. The fourth-order valence-corrected chi connectivity index (χ4v) is 2.80. The van der Waals surface area contributed by atoms with Crippen molar-refractivity contribution in [3.63, 3.8) is 0 Å². The van der Waals surface area contributed by atoms with E-state index in [4.69, 9.17) is 9.47 Å². The van der Waals surface area contributed by atoms with Crippen LogP contribution in [0, 0.1) is 5.92 Å². The third-order valence-electron chi connectivity index (χ3n) is 4.04. The molecule has 0 aliphatic heterocycles. The van der Waals surface area contributed by atoms with Crippen LogP contribution in [-0.4, -0.2) is 23.8 Å². The van der Waals surface area contributed by atoms with Gasteiger partial charge in [0.1, 0.15) is 17.0 Å². The van der Waals surface area contributed by atoms with Crippen LogP contribution in [0.2, 0.25) is 0 Å². The zero-order valence-corrected chi connectivity index (χ0v) is 13.4. The smallest absolute Gasteiger partial charge is 0.312 e. The summed E-state index contributed by atoms with van der Waals surface area (Å²) < 4.78 is 10.6. The zero-order valence-electron chi connectivity index (χ0n) is 13.4. The van der Waals surface area contributed by atoms with Gasteiger partial charge >= 0.3 is 5.97 Å². The first kappa shape index (κ1) is 15.8. The molecular weight excluding hydrogens is 268 g/mol. The van der Waals surface area contributed by atoms with E-state index in [2.05, 4.69) is 0 Å². The van der Waals surface area contributed by atoms with Crippen molar-refractivity contribution in [3.05, 3.63) is 29.3 Å². The molecule has 0 bridgehead atoms. The molecule has 0 saturated carbocycles. The van der Waals surface area contributed by atoms with E-state index in [9.17, 15) is 9.90 Å². The fourth-order valence-electron chi connectivity index (χ4n) is 2.80. The lowest BCUT2D eigenvalue weighted by molar-refractivity contribution is -0.169. The van der Waals surface area contributed by atoms with E-state index in [-0.39, 0.29) is 5.97 Å². The molecule has 0 amide bonds. The molecule has 1 aromatic carbocycles. The van der Waals surface area contributed by atoms with Crippen molar-refractivity contribution in [1.29, 1.82) is 0 Å². The molecule has 2 atom stereocenters. The largest absolute Gasteiger partial charge is 0.497 e. The average molecular weight is 292 g/mol. The lowest BCUT2D eigenvalue weighted by atomic mass is 9.83. The van der Waals surface area contributed by atoms with Crippen molar-refractivity contribution < 1.29 is 19.4 Å². The molecule has 0 heterocycles. The summed E-state index contributed by atoms with van der Waals surface area (Å²) in [7, 11) is 1.59. The van der Waals surface area contributed by atoms with Crippen molar-refractivity contribution in [2.24, 2.45) is 5.92 Å². The summed E-state index contributed by atoms with van der Waals surface area (Å²) in [5.41, 5.74) is 0.0953. The normalized spacial score (nSPS) is 22.6. The monoisotopic (exact) mass is 292 g/mol. The van der Waals surface area contributed by atoms with E-state index in [1.54, 1.807) is 14.0 Å². The third kappa shape index (κ3) is 3.05. The Morgan fingerprint density at radius 2 is 2.05 bits per heavy atom. The maximum Gasteiger partial charge on any atom is 0.312 e. The SMILES string of the molecule is COc1ccc2c(c1)C(O)(C(C)C(=O)OC(C)(C)C)CC2. The molecule has 0 radical (unpaired) electrons. The Morgan fingerprint density at radius 3 is 2.62 bits per heavy atom. The molecule has 1 aliphatic rings. The van der Waals surface area contributed by atoms with Crippen LogP contribution in [-0.2, 0) is 21.6 Å². The van der Waals surface area contributed by atoms with E-state index >= 15 is 0 Å². The van der Waals surface area contributed by atoms with Gasteiger partial charge in [0.05, 0.1) is 13.0 Å². The van der Waals surface area contributed by atoms with E-state index < -0.39 is 17.1 Å². The highest BCUT2D eigenvalue weighted by molar-refractivity contribution is 5.75. The molecule has 2 unspecified atom stereocenters. The first-order valence-electron chi connectivity index (χ1n) is 7.30. The van der Waals surface area contributed by atoms with Crippen molar-refractivity contribution in [1.82, 2.24) is 0 Å². The lowest BCUT2D eigenvalue weighted by Crippen LogP contribution is -2.39. The summed E-state index contributed by atoms with van der Waals surface area (Å²) in [6.07, 6.45) is 1.28. The lowest BCUT2D eigenvalue weighted by Gasteiger charge is -2.32. The Balaban J connectivity index is 2.31. The van der Waals surface area contributed by atoms with Gasteiger partial charge in [-0.1, -0.05) is 6.07 Å². The predicted octanol–water partition coefficient (Wildman–Crippen LogP) is 2.81. The Labute approximate surface area is 126 Å². The van der Waals surface area contributed by atoms with E-state index in [0.717, 1.165) is 17.5 Å². The highest BCUT2D eigenvalue weighted by atomic mass is 16.6. The molecule has 1 N–H and O–H groups in total. The molecule has 0 fully saturated rings. The van der Waals surface area contributed by atoms with E-state index in [1.165, 1.54) is 0 Å². The summed E-state index contributed by atoms with van der Waals surface area (Å²) in [4.78, 5) is 12.3. The molecule has 0 saturated heterocycles. The standard InChI is InChI=1S/C17H24O4/c1-11(15(18)21-16(2,3)4)17(19)9-8-12-6-7-13(20-5)10-14(12)17/h6-7,10-11,19H,8-9H2,1-5H3. The number of aliphatic hydroxyl groups is 1. The number of esters is 1. The number of hydrogen-bond donors (Lipinski definition) is 1. The number of benzene rings is 1. The highest BCUT2D eigenvalue weighted by Crippen LogP contribution is 2.44. The van der Waals surface area contributed by atoms with Gasteiger partial charge in [0.15, 0.2) is 0 Å². The van der Waals surface area contributed by atoms with Gasteiger partial charge in [0, 0.05) is 0 Å². The number of fused-ring (bicyclic) bond motifs is 1. The van der Waals surface area contributed by atoms with Crippen molar-refractivity contribution in [2.75, 3.05) is 7.11 Å². The maximum absolute atomic E-state index is 12.3. The summed E-state index contributed by atoms with van der Waals surface area (Å²) in [6.45, 7) is 7.20. The van der Waals surface area contributed by atoms with Gasteiger partial charge in [0.2, 0.25) is 0 Å². The maximum atomic E-state index is 12.3. The van der Waals surface area contributed by atoms with Crippen LogP contribution in [0.25, 0.3) is 0 Å². The molecule has 0 spiro atoms. The fraction of sp³-hybridized carbons (Fsp3) is 0.588. The van der Waals surface area contributed by atoms with Gasteiger partial charge in [0.25, 0.3) is 0 Å². The molecule has 21 heavy (non-hydrogen) atoms. The second-order valence-corrected chi connectivity index (χ2v) is 6.70. The van der Waals surface area contributed by atoms with Crippen LogP contribution in [0.5, 0.6) is 5.75 Å². The van der Waals surface area contributed by atoms with Crippen LogP contribution < -0.4 is 4.74 Å². The highest BCUT2D eigenvalue weighted by Gasteiger charge is 2.46. The van der Waals surface area contributed by atoms with Gasteiger partial charge in [-0.2, -0.15) is 0 Å². The molecule has 1 aliphatic carbocycles. The first-order valence-corrected chi connectivity index (χ1v) is 7.30. The molecule has 1 aromatic rings. The number of aryl methyl sites for hydroxylation is 1. The molecule has 2 rings (SSSR count). The van der Waals surface area contributed by atoms with Crippen LogP contribution in [0.3, 0.4) is 0 Å². The number of carbonyl (C=O) groups excluding carboxylic acids is 1. The molecule has 4 heteroatoms. The minimum Gasteiger partial charge on any atom is -0.497 e. The minimum absolute atomic E-state index is 0.374. The van der Waals surface area contributed by atoms with Crippen molar-refractivity contribution in [3.8, 4) is 5.75 Å². The van der Waals surface area contributed by atoms with Gasteiger partial charge < -0.3 is 14.6 Å². The van der Waals surface area contributed by atoms with Crippen LogP contribution >= 0.6 is 0 Å². The minimum atomic E-state index is -1.19. The zero-order chi connectivity index (χ0) is 15.8.